The first-order valence-electron chi connectivity index (χ1n) is 5.82. The van der Waals surface area contributed by atoms with Crippen molar-refractivity contribution in [1.29, 1.82) is 0 Å². The van der Waals surface area contributed by atoms with E-state index in [0.29, 0.717) is 11.4 Å². The van der Waals surface area contributed by atoms with E-state index in [1.807, 2.05) is 46.7 Å². The Morgan fingerprint density at radius 1 is 1.39 bits per heavy atom. The first kappa shape index (κ1) is 16.8. The molecule has 0 atom stereocenters. The van der Waals surface area contributed by atoms with Gasteiger partial charge in [0.2, 0.25) is 0 Å². The van der Waals surface area contributed by atoms with Gasteiger partial charge in [-0.2, -0.15) is 0 Å². The minimum Gasteiger partial charge on any atom is -0.449 e. The quantitative estimate of drug-likeness (QED) is 0.486. The van der Waals surface area contributed by atoms with Gasteiger partial charge in [-0.05, 0) is 27.7 Å². The van der Waals surface area contributed by atoms with Gasteiger partial charge in [0.25, 0.3) is 0 Å². The van der Waals surface area contributed by atoms with Gasteiger partial charge in [0.05, 0.1) is 6.61 Å². The van der Waals surface area contributed by atoms with Gasteiger partial charge in [-0.3, -0.25) is 0 Å². The van der Waals surface area contributed by atoms with Crippen LogP contribution in [0.5, 0.6) is 0 Å². The molecule has 104 valence electrons. The predicted octanol–water partition coefficient (Wildman–Crippen LogP) is 2.21. The first-order chi connectivity index (χ1) is 8.11. The molecule has 0 saturated heterocycles. The predicted molar refractivity (Wildman–Crippen MR) is 78.2 cm³/mol. The van der Waals surface area contributed by atoms with Crippen LogP contribution < -0.4 is 5.32 Å². The number of hydrogen-bond acceptors (Lipinski definition) is 3. The van der Waals surface area contributed by atoms with Gasteiger partial charge in [0.15, 0.2) is 0 Å². The third-order valence-corrected chi connectivity index (χ3v) is 2.26. The van der Waals surface area contributed by atoms with E-state index in [-0.39, 0.29) is 12.1 Å². The van der Waals surface area contributed by atoms with Crippen molar-refractivity contribution >= 4 is 29.1 Å². The van der Waals surface area contributed by atoms with E-state index in [0.717, 1.165) is 5.84 Å². The number of alkyl carbamates (subject to hydrolysis) is 1. The highest BCUT2D eigenvalue weighted by atomic mass is 32.1. The lowest BCUT2D eigenvalue weighted by atomic mass is 10.1. The molecule has 0 bridgehead atoms. The lowest BCUT2D eigenvalue weighted by Gasteiger charge is -2.19. The summed E-state index contributed by atoms with van der Waals surface area (Å²) in [5.74, 6) is 0.833. The molecule has 0 rings (SSSR count). The number of aliphatic imine (C=N–C) groups is 1. The van der Waals surface area contributed by atoms with Crippen LogP contribution in [0.4, 0.5) is 4.79 Å². The Balaban J connectivity index is 3.96. The number of carbonyl (C=O) groups is 1. The molecule has 0 fully saturated rings. The van der Waals surface area contributed by atoms with Crippen LogP contribution in [0.1, 0.15) is 34.1 Å². The van der Waals surface area contributed by atoms with Crippen molar-refractivity contribution in [3.63, 3.8) is 0 Å². The fourth-order valence-electron chi connectivity index (χ4n) is 0.910. The van der Waals surface area contributed by atoms with E-state index in [1.165, 1.54) is 0 Å². The lowest BCUT2D eigenvalue weighted by molar-refractivity contribution is 0.140. The first-order valence-corrected chi connectivity index (χ1v) is 6.23. The maximum atomic E-state index is 11.3. The molecular weight excluding hydrogens is 250 g/mol. The molecular formula is C12H23N3O2S. The largest absolute Gasteiger partial charge is 0.449 e. The summed E-state index contributed by atoms with van der Waals surface area (Å²) >= 11 is 5.09. The molecule has 0 spiro atoms. The summed E-state index contributed by atoms with van der Waals surface area (Å²) in [6.07, 6.45) is 0.0246. The zero-order valence-electron chi connectivity index (χ0n) is 12.0. The summed E-state index contributed by atoms with van der Waals surface area (Å²) < 4.78 is 5.01. The second-order valence-electron chi connectivity index (χ2n) is 5.21. The zero-order valence-corrected chi connectivity index (χ0v) is 12.8. The van der Waals surface area contributed by atoms with E-state index in [2.05, 4.69) is 10.3 Å². The number of carbonyl (C=O) groups excluding carboxylic acids is 1. The number of amides is 1. The van der Waals surface area contributed by atoms with Crippen molar-refractivity contribution in [3.8, 4) is 0 Å². The molecule has 0 aliphatic carbocycles. The maximum absolute atomic E-state index is 11.3. The SMILES string of the molecule is CC(=NC(=S)CCOC(=O)NC(C)(C)C)N(C)C. The summed E-state index contributed by atoms with van der Waals surface area (Å²) in [6.45, 7) is 7.79. The lowest BCUT2D eigenvalue weighted by Crippen LogP contribution is -2.41. The normalized spacial score (nSPS) is 12.0. The van der Waals surface area contributed by atoms with Gasteiger partial charge < -0.3 is 15.0 Å². The van der Waals surface area contributed by atoms with E-state index >= 15 is 0 Å². The Morgan fingerprint density at radius 2 is 1.94 bits per heavy atom. The van der Waals surface area contributed by atoms with Crippen LogP contribution in [0.25, 0.3) is 0 Å². The van der Waals surface area contributed by atoms with E-state index in [1.54, 1.807) is 0 Å². The summed E-state index contributed by atoms with van der Waals surface area (Å²) in [4.78, 5) is 18.0. The molecule has 0 saturated carbocycles. The molecule has 0 aliphatic rings. The van der Waals surface area contributed by atoms with E-state index in [4.69, 9.17) is 17.0 Å². The smallest absolute Gasteiger partial charge is 0.407 e. The van der Waals surface area contributed by atoms with Gasteiger partial charge in [-0.15, -0.1) is 0 Å². The van der Waals surface area contributed by atoms with Crippen LogP contribution in [-0.2, 0) is 4.74 Å². The van der Waals surface area contributed by atoms with Crippen molar-refractivity contribution in [2.24, 2.45) is 4.99 Å². The van der Waals surface area contributed by atoms with Gasteiger partial charge >= 0.3 is 6.09 Å². The number of hydrogen-bond donors (Lipinski definition) is 1. The van der Waals surface area contributed by atoms with Gasteiger partial charge in [-0.1, -0.05) is 12.2 Å². The van der Waals surface area contributed by atoms with E-state index in [9.17, 15) is 4.79 Å². The Kier molecular flexibility index (Phi) is 6.83. The average molecular weight is 273 g/mol. The molecule has 0 aliphatic heterocycles. The maximum Gasteiger partial charge on any atom is 0.407 e. The Morgan fingerprint density at radius 3 is 2.39 bits per heavy atom. The highest BCUT2D eigenvalue weighted by Crippen LogP contribution is 2.00. The molecule has 0 aromatic rings. The molecule has 5 nitrogen and oxygen atoms in total. The topological polar surface area (TPSA) is 53.9 Å². The standard InChI is InChI=1S/C12H23N3O2S/c1-9(15(5)6)13-10(18)7-8-17-11(16)14-12(2,3)4/h7-8H2,1-6H3,(H,14,16). The third-order valence-electron chi connectivity index (χ3n) is 1.96. The summed E-state index contributed by atoms with van der Waals surface area (Å²) in [6, 6.07) is 0. The summed E-state index contributed by atoms with van der Waals surface area (Å²) in [5, 5.41) is 2.70. The van der Waals surface area contributed by atoms with Crippen molar-refractivity contribution in [3.05, 3.63) is 0 Å². The summed E-state index contributed by atoms with van der Waals surface area (Å²) in [7, 11) is 3.80. The van der Waals surface area contributed by atoms with Gasteiger partial charge in [0, 0.05) is 26.1 Å². The molecule has 1 N–H and O–H groups in total. The van der Waals surface area contributed by atoms with Crippen LogP contribution in [-0.4, -0.2) is 48.1 Å². The zero-order chi connectivity index (χ0) is 14.3. The second kappa shape index (κ2) is 7.31. The Hall–Kier alpha value is -1.17. The van der Waals surface area contributed by atoms with Crippen LogP contribution in [0.3, 0.4) is 0 Å². The van der Waals surface area contributed by atoms with Gasteiger partial charge in [0.1, 0.15) is 10.8 Å². The fraction of sp³-hybridized carbons (Fsp3) is 0.750. The molecule has 6 heteroatoms. The van der Waals surface area contributed by atoms with Crippen LogP contribution >= 0.6 is 12.2 Å². The molecule has 0 heterocycles. The highest BCUT2D eigenvalue weighted by molar-refractivity contribution is 7.80. The number of ether oxygens (including phenoxy) is 1. The minimum atomic E-state index is -0.432. The Labute approximate surface area is 115 Å². The number of nitrogens with one attached hydrogen (secondary N) is 1. The molecule has 0 aromatic carbocycles. The molecule has 0 unspecified atom stereocenters. The fourth-order valence-corrected chi connectivity index (χ4v) is 1.13. The van der Waals surface area contributed by atoms with Crippen molar-refractivity contribution < 1.29 is 9.53 Å². The molecule has 1 amide bonds. The third kappa shape index (κ3) is 8.92. The van der Waals surface area contributed by atoms with Crippen LogP contribution in [0.15, 0.2) is 4.99 Å². The molecule has 0 radical (unpaired) electrons. The van der Waals surface area contributed by atoms with Crippen molar-refractivity contribution in [1.82, 2.24) is 10.2 Å². The molecule has 18 heavy (non-hydrogen) atoms. The van der Waals surface area contributed by atoms with Crippen LogP contribution in [0, 0.1) is 0 Å². The van der Waals surface area contributed by atoms with Crippen LogP contribution in [0.2, 0.25) is 0 Å². The summed E-state index contributed by atoms with van der Waals surface area (Å²) in [5.41, 5.74) is -0.294. The van der Waals surface area contributed by atoms with Crippen molar-refractivity contribution in [2.45, 2.75) is 39.7 Å². The number of thiocarbonyl (C=S) groups is 1. The monoisotopic (exact) mass is 273 g/mol. The number of rotatable bonds is 3. The van der Waals surface area contributed by atoms with E-state index < -0.39 is 6.09 Å². The second-order valence-corrected chi connectivity index (χ2v) is 5.68. The minimum absolute atomic E-state index is 0.241. The van der Waals surface area contributed by atoms with Gasteiger partial charge in [-0.25, -0.2) is 9.79 Å². The number of nitrogens with zero attached hydrogens (tertiary/aromatic N) is 2. The highest BCUT2D eigenvalue weighted by Gasteiger charge is 2.14. The Bertz CT molecular complexity index is 333. The van der Waals surface area contributed by atoms with Crippen molar-refractivity contribution in [2.75, 3.05) is 20.7 Å². The molecule has 0 aromatic heterocycles. The average Bonchev–Trinajstić information content (AvgIpc) is 2.14. The number of amidine groups is 1.